The Bertz CT molecular complexity index is 431. The molecule has 6 nitrogen and oxygen atoms in total. The van der Waals surface area contributed by atoms with Crippen molar-refractivity contribution in [3.63, 3.8) is 0 Å². The Kier molecular flexibility index (Phi) is 7.34. The van der Waals surface area contributed by atoms with E-state index in [2.05, 4.69) is 35.9 Å². The third kappa shape index (κ3) is 5.10. The molecule has 0 aliphatic carbocycles. The number of guanidine groups is 1. The van der Waals surface area contributed by atoms with Crippen LogP contribution in [-0.2, 0) is 4.79 Å². The van der Waals surface area contributed by atoms with Crippen LogP contribution in [0.4, 0.5) is 0 Å². The molecular formula is C18H35N5O. The summed E-state index contributed by atoms with van der Waals surface area (Å²) in [6, 6.07) is 1.15. The molecule has 1 N–H and O–H groups in total. The van der Waals surface area contributed by atoms with Gasteiger partial charge in [0.1, 0.15) is 0 Å². The third-order valence-corrected chi connectivity index (χ3v) is 5.29. The molecule has 1 amide bonds. The Balaban J connectivity index is 1.91. The maximum absolute atomic E-state index is 11.5. The van der Waals surface area contributed by atoms with Crippen molar-refractivity contribution in [3.05, 3.63) is 0 Å². The second kappa shape index (κ2) is 9.25. The zero-order valence-electron chi connectivity index (χ0n) is 15.9. The molecule has 2 atom stereocenters. The second-order valence-electron chi connectivity index (χ2n) is 7.12. The average molecular weight is 338 g/mol. The van der Waals surface area contributed by atoms with E-state index in [1.54, 1.807) is 6.92 Å². The zero-order valence-corrected chi connectivity index (χ0v) is 15.9. The smallest absolute Gasteiger partial charge is 0.219 e. The fourth-order valence-corrected chi connectivity index (χ4v) is 3.76. The summed E-state index contributed by atoms with van der Waals surface area (Å²) in [7, 11) is 0. The van der Waals surface area contributed by atoms with E-state index in [1.807, 2.05) is 4.90 Å². The third-order valence-electron chi connectivity index (χ3n) is 5.29. The monoisotopic (exact) mass is 337 g/mol. The van der Waals surface area contributed by atoms with Gasteiger partial charge in [0.15, 0.2) is 5.96 Å². The molecule has 0 aromatic heterocycles. The Hall–Kier alpha value is -1.30. The van der Waals surface area contributed by atoms with Crippen molar-refractivity contribution in [3.8, 4) is 0 Å². The van der Waals surface area contributed by atoms with E-state index in [4.69, 9.17) is 4.99 Å². The van der Waals surface area contributed by atoms with Crippen LogP contribution in [0.1, 0.15) is 47.0 Å². The first kappa shape index (κ1) is 19.0. The number of amides is 1. The van der Waals surface area contributed by atoms with Gasteiger partial charge in [-0.1, -0.05) is 6.42 Å². The molecular weight excluding hydrogens is 302 g/mol. The number of piperazine rings is 1. The molecule has 2 unspecified atom stereocenters. The van der Waals surface area contributed by atoms with Crippen molar-refractivity contribution in [1.82, 2.24) is 20.0 Å². The van der Waals surface area contributed by atoms with Crippen LogP contribution < -0.4 is 5.32 Å². The molecule has 6 heteroatoms. The maximum Gasteiger partial charge on any atom is 0.219 e. The van der Waals surface area contributed by atoms with E-state index < -0.39 is 0 Å². The van der Waals surface area contributed by atoms with Crippen molar-refractivity contribution >= 4 is 11.9 Å². The summed E-state index contributed by atoms with van der Waals surface area (Å²) in [6.45, 7) is 14.6. The van der Waals surface area contributed by atoms with Gasteiger partial charge in [-0.05, 0) is 40.2 Å². The highest BCUT2D eigenvalue weighted by Gasteiger charge is 2.24. The lowest BCUT2D eigenvalue weighted by Gasteiger charge is -2.38. The molecule has 24 heavy (non-hydrogen) atoms. The molecule has 2 aliphatic heterocycles. The Morgan fingerprint density at radius 3 is 2.42 bits per heavy atom. The van der Waals surface area contributed by atoms with Crippen LogP contribution in [-0.4, -0.2) is 84.5 Å². The number of hydrogen-bond donors (Lipinski definition) is 1. The molecule has 0 bridgehead atoms. The molecule has 0 aromatic rings. The van der Waals surface area contributed by atoms with E-state index in [-0.39, 0.29) is 5.91 Å². The molecule has 2 saturated heterocycles. The number of aliphatic imine (C=N–C) groups is 1. The fourth-order valence-electron chi connectivity index (χ4n) is 3.76. The number of nitrogens with one attached hydrogen (secondary N) is 1. The van der Waals surface area contributed by atoms with Gasteiger partial charge in [0.25, 0.3) is 0 Å². The number of hydrogen-bond acceptors (Lipinski definition) is 3. The number of likely N-dealkylation sites (tertiary alicyclic amines) is 1. The summed E-state index contributed by atoms with van der Waals surface area (Å²) >= 11 is 0. The predicted molar refractivity (Wildman–Crippen MR) is 99.3 cm³/mol. The van der Waals surface area contributed by atoms with Gasteiger partial charge in [0, 0.05) is 51.7 Å². The SMILES string of the molecule is CCNC(=NCC(C)N1CCCCC1C)N1CCN(C(C)=O)CC1. The Morgan fingerprint density at radius 1 is 1.17 bits per heavy atom. The largest absolute Gasteiger partial charge is 0.357 e. The van der Waals surface area contributed by atoms with Gasteiger partial charge in [-0.2, -0.15) is 0 Å². The van der Waals surface area contributed by atoms with Gasteiger partial charge in [-0.3, -0.25) is 14.7 Å². The van der Waals surface area contributed by atoms with Gasteiger partial charge in [-0.25, -0.2) is 0 Å². The van der Waals surface area contributed by atoms with Gasteiger partial charge in [0.2, 0.25) is 5.91 Å². The van der Waals surface area contributed by atoms with Crippen LogP contribution >= 0.6 is 0 Å². The summed E-state index contributed by atoms with van der Waals surface area (Å²) in [6.07, 6.45) is 3.98. The highest BCUT2D eigenvalue weighted by atomic mass is 16.2. The van der Waals surface area contributed by atoms with Crippen molar-refractivity contribution in [2.75, 3.05) is 45.8 Å². The van der Waals surface area contributed by atoms with Gasteiger partial charge in [0.05, 0.1) is 6.54 Å². The van der Waals surface area contributed by atoms with E-state index in [1.165, 1.54) is 25.8 Å². The minimum atomic E-state index is 0.171. The highest BCUT2D eigenvalue weighted by molar-refractivity contribution is 5.80. The summed E-state index contributed by atoms with van der Waals surface area (Å²) < 4.78 is 0. The predicted octanol–water partition coefficient (Wildman–Crippen LogP) is 1.38. The lowest BCUT2D eigenvalue weighted by Crippen LogP contribution is -2.53. The highest BCUT2D eigenvalue weighted by Crippen LogP contribution is 2.19. The minimum Gasteiger partial charge on any atom is -0.357 e. The molecule has 2 fully saturated rings. The van der Waals surface area contributed by atoms with Gasteiger partial charge >= 0.3 is 0 Å². The number of rotatable bonds is 4. The molecule has 0 spiro atoms. The standard InChI is InChI=1S/C18H35N5O/c1-5-19-18(22-12-10-21(11-13-22)17(4)24)20-14-16(3)23-9-7-6-8-15(23)2/h15-16H,5-14H2,1-4H3,(H,19,20). The first-order chi connectivity index (χ1) is 11.5. The lowest BCUT2D eigenvalue weighted by molar-refractivity contribution is -0.130. The summed E-state index contributed by atoms with van der Waals surface area (Å²) in [5, 5.41) is 3.42. The lowest BCUT2D eigenvalue weighted by atomic mass is 10.0. The molecule has 2 rings (SSSR count). The van der Waals surface area contributed by atoms with Crippen LogP contribution in [0.5, 0.6) is 0 Å². The molecule has 0 radical (unpaired) electrons. The number of carbonyl (C=O) groups excluding carboxylic acids is 1. The minimum absolute atomic E-state index is 0.171. The van der Waals surface area contributed by atoms with Crippen LogP contribution in [0.3, 0.4) is 0 Å². The second-order valence-corrected chi connectivity index (χ2v) is 7.12. The van der Waals surface area contributed by atoms with E-state index >= 15 is 0 Å². The number of piperidine rings is 1. The number of carbonyl (C=O) groups is 1. The summed E-state index contributed by atoms with van der Waals surface area (Å²) in [4.78, 5) is 23.2. The summed E-state index contributed by atoms with van der Waals surface area (Å²) in [5.74, 6) is 1.17. The molecule has 0 aromatic carbocycles. The van der Waals surface area contributed by atoms with Gasteiger partial charge < -0.3 is 15.1 Å². The molecule has 0 saturated carbocycles. The molecule has 2 heterocycles. The number of nitrogens with zero attached hydrogens (tertiary/aromatic N) is 4. The zero-order chi connectivity index (χ0) is 17.5. The fraction of sp³-hybridized carbons (Fsp3) is 0.889. The van der Waals surface area contributed by atoms with Crippen molar-refractivity contribution < 1.29 is 4.79 Å². The van der Waals surface area contributed by atoms with Crippen LogP contribution in [0.25, 0.3) is 0 Å². The van der Waals surface area contributed by atoms with E-state index in [0.29, 0.717) is 12.1 Å². The van der Waals surface area contributed by atoms with Crippen molar-refractivity contribution in [2.24, 2.45) is 4.99 Å². The average Bonchev–Trinajstić information content (AvgIpc) is 2.59. The van der Waals surface area contributed by atoms with E-state index in [9.17, 15) is 4.79 Å². The molecule has 138 valence electrons. The quantitative estimate of drug-likeness (QED) is 0.622. The van der Waals surface area contributed by atoms with Crippen LogP contribution in [0.2, 0.25) is 0 Å². The van der Waals surface area contributed by atoms with E-state index in [0.717, 1.165) is 45.2 Å². The van der Waals surface area contributed by atoms with Crippen molar-refractivity contribution in [1.29, 1.82) is 0 Å². The normalized spacial score (nSPS) is 24.8. The van der Waals surface area contributed by atoms with Crippen LogP contribution in [0, 0.1) is 0 Å². The maximum atomic E-state index is 11.5. The van der Waals surface area contributed by atoms with Gasteiger partial charge in [-0.15, -0.1) is 0 Å². The first-order valence-corrected chi connectivity index (χ1v) is 9.57. The Morgan fingerprint density at radius 2 is 1.83 bits per heavy atom. The summed E-state index contributed by atoms with van der Waals surface area (Å²) in [5.41, 5.74) is 0. The Labute approximate surface area is 147 Å². The van der Waals surface area contributed by atoms with Crippen LogP contribution in [0.15, 0.2) is 4.99 Å². The first-order valence-electron chi connectivity index (χ1n) is 9.57. The van der Waals surface area contributed by atoms with Crippen molar-refractivity contribution in [2.45, 2.75) is 59.0 Å². The molecule has 2 aliphatic rings. The topological polar surface area (TPSA) is 51.2 Å².